The molecule has 0 heterocycles. The standard InChI is InChI=1S/2C9H10N2OS2.Co/c2*1-14-9(13)11-10-6-7-4-2-3-5-8(7)12;/h2*2-6,12H,1H3,(H,11,13);/q;;+2/p-2. The number of para-hydroxylation sites is 2. The topological polar surface area (TPSA) is 89.9 Å². The first-order valence-corrected chi connectivity index (χ1v) is 10.9. The summed E-state index contributed by atoms with van der Waals surface area (Å²) < 4.78 is 0.938. The number of phenols is 2. The summed E-state index contributed by atoms with van der Waals surface area (Å²) in [5.74, 6) is 0.364. The fourth-order valence-electron chi connectivity index (χ4n) is 1.55. The van der Waals surface area contributed by atoms with E-state index < -0.39 is 0 Å². The summed E-state index contributed by atoms with van der Waals surface area (Å²) >= 11 is 12.4. The van der Waals surface area contributed by atoms with Crippen molar-refractivity contribution in [1.82, 2.24) is 0 Å². The number of phenolic OH excluding ortho intramolecular Hbond substituents is 2. The molecule has 0 aliphatic heterocycles. The first kappa shape index (κ1) is 27.4. The number of rotatable bonds is 4. The molecule has 0 unspecified atom stereocenters. The van der Waals surface area contributed by atoms with Crippen LogP contribution in [0.1, 0.15) is 11.1 Å². The van der Waals surface area contributed by atoms with Gasteiger partial charge in [0.2, 0.25) is 0 Å². The summed E-state index contributed by atoms with van der Waals surface area (Å²) in [4.78, 5) is 0. The van der Waals surface area contributed by atoms with Crippen LogP contribution in [0, 0.1) is 0 Å². The molecule has 2 N–H and O–H groups in total. The van der Waals surface area contributed by atoms with E-state index in [0.717, 1.165) is 0 Å². The van der Waals surface area contributed by atoms with Crippen LogP contribution in [-0.2, 0) is 42.0 Å². The number of thioether (sulfide) groups is 2. The van der Waals surface area contributed by atoms with E-state index in [1.807, 2.05) is 24.6 Å². The molecule has 0 atom stereocenters. The summed E-state index contributed by atoms with van der Waals surface area (Å²) in [6.07, 6.45) is 6.61. The number of nitrogens with zero attached hydrogens (tertiary/aromatic N) is 4. The van der Waals surface area contributed by atoms with Crippen LogP contribution < -0.4 is 0 Å². The molecule has 6 nitrogen and oxygen atoms in total. The summed E-state index contributed by atoms with van der Waals surface area (Å²) in [5.41, 5.74) is 1.25. The maximum atomic E-state index is 9.36. The van der Waals surface area contributed by atoms with Crippen molar-refractivity contribution < 1.29 is 27.0 Å². The van der Waals surface area contributed by atoms with Gasteiger partial charge in [-0.3, -0.25) is 0 Å². The van der Waals surface area contributed by atoms with Gasteiger partial charge in [-0.2, -0.15) is 20.4 Å². The first-order chi connectivity index (χ1) is 13.5. The van der Waals surface area contributed by atoms with Gasteiger partial charge in [-0.25, -0.2) is 0 Å². The quantitative estimate of drug-likeness (QED) is 0.281. The van der Waals surface area contributed by atoms with Crippen molar-refractivity contribution in [3.63, 3.8) is 0 Å². The van der Waals surface area contributed by atoms with Gasteiger partial charge in [0.1, 0.15) is 11.5 Å². The van der Waals surface area contributed by atoms with Crippen LogP contribution in [0.2, 0.25) is 0 Å². The minimum atomic E-state index is 0. The molecule has 1 radical (unpaired) electrons. The third kappa shape index (κ3) is 11.8. The Hall–Kier alpha value is -1.63. The number of hydrogen-bond donors (Lipinski definition) is 2. The van der Waals surface area contributed by atoms with E-state index in [-0.39, 0.29) is 28.3 Å². The molecule has 0 saturated carbocycles. The second-order valence-corrected chi connectivity index (χ2v) is 7.63. The number of aromatic hydroxyl groups is 2. The van der Waals surface area contributed by atoms with Crippen molar-refractivity contribution in [3.05, 3.63) is 59.7 Å². The summed E-state index contributed by atoms with van der Waals surface area (Å²) in [6.45, 7) is 0. The molecule has 2 aromatic carbocycles. The van der Waals surface area contributed by atoms with Crippen molar-refractivity contribution in [2.24, 2.45) is 20.4 Å². The molecule has 0 spiro atoms. The second kappa shape index (κ2) is 16.2. The Labute approximate surface area is 200 Å². The van der Waals surface area contributed by atoms with Crippen LogP contribution in [0.15, 0.2) is 68.9 Å². The minimum absolute atomic E-state index is 0. The molecular formula is C18H18CoN4O2S4. The zero-order valence-corrected chi connectivity index (χ0v) is 19.7. The summed E-state index contributed by atoms with van der Waals surface area (Å²) in [7, 11) is 0. The first-order valence-electron chi connectivity index (χ1n) is 7.68. The zero-order chi connectivity index (χ0) is 20.8. The second-order valence-electron chi connectivity index (χ2n) is 4.75. The maximum Gasteiger partial charge on any atom is 2.00 e. The predicted molar refractivity (Wildman–Crippen MR) is 128 cm³/mol. The molecule has 29 heavy (non-hydrogen) atoms. The normalized spacial score (nSPS) is 11.8. The Morgan fingerprint density at radius 1 is 0.759 bits per heavy atom. The molecule has 0 amide bonds. The third-order valence-corrected chi connectivity index (χ3v) is 4.92. The van der Waals surface area contributed by atoms with E-state index in [4.69, 9.17) is 25.3 Å². The van der Waals surface area contributed by atoms with Gasteiger partial charge in [-0.1, -0.05) is 24.3 Å². The molecule has 0 fully saturated rings. The van der Waals surface area contributed by atoms with E-state index >= 15 is 0 Å². The van der Waals surface area contributed by atoms with E-state index in [9.17, 15) is 10.2 Å². The molecule has 0 aliphatic rings. The van der Waals surface area contributed by atoms with E-state index in [1.54, 1.807) is 36.4 Å². The average molecular weight is 510 g/mol. The van der Waals surface area contributed by atoms with Gasteiger partial charge in [0.25, 0.3) is 0 Å². The van der Waals surface area contributed by atoms with Crippen LogP contribution in [-0.4, -0.2) is 43.9 Å². The third-order valence-electron chi connectivity index (χ3n) is 2.90. The van der Waals surface area contributed by atoms with Crippen LogP contribution in [0.4, 0.5) is 0 Å². The monoisotopic (exact) mass is 509 g/mol. The van der Waals surface area contributed by atoms with E-state index in [2.05, 4.69) is 20.4 Å². The van der Waals surface area contributed by atoms with Gasteiger partial charge in [0.05, 0.1) is 12.4 Å². The molecule has 0 aromatic heterocycles. The van der Waals surface area contributed by atoms with Crippen LogP contribution in [0.5, 0.6) is 11.5 Å². The fraction of sp³-hybridized carbons (Fsp3) is 0.111. The molecule has 2 rings (SSSR count). The molecule has 0 bridgehead atoms. The smallest absolute Gasteiger partial charge is 0.752 e. The largest absolute Gasteiger partial charge is 2.00 e. The summed E-state index contributed by atoms with van der Waals surface area (Å²) in [6, 6.07) is 13.8. The van der Waals surface area contributed by atoms with Gasteiger partial charge in [0.15, 0.2) is 0 Å². The Bertz CT molecular complexity index is 805. The van der Waals surface area contributed by atoms with Gasteiger partial charge in [0, 0.05) is 11.1 Å². The van der Waals surface area contributed by atoms with Crippen molar-refractivity contribution in [3.8, 4) is 11.5 Å². The van der Waals surface area contributed by atoms with Crippen molar-refractivity contribution in [2.75, 3.05) is 12.5 Å². The number of benzene rings is 2. The van der Waals surface area contributed by atoms with Gasteiger partial charge < -0.3 is 35.5 Å². The Balaban J connectivity index is 0.000000523. The Morgan fingerprint density at radius 2 is 1.10 bits per heavy atom. The van der Waals surface area contributed by atoms with Gasteiger partial charge >= 0.3 is 16.8 Å². The Morgan fingerprint density at radius 3 is 1.41 bits per heavy atom. The van der Waals surface area contributed by atoms with Crippen molar-refractivity contribution in [1.29, 1.82) is 0 Å². The zero-order valence-electron chi connectivity index (χ0n) is 15.4. The predicted octanol–water partition coefficient (Wildman–Crippen LogP) is 3.98. The van der Waals surface area contributed by atoms with Crippen LogP contribution in [0.25, 0.3) is 0 Å². The molecule has 155 valence electrons. The fourth-order valence-corrected chi connectivity index (χ4v) is 1.90. The van der Waals surface area contributed by atoms with Crippen LogP contribution in [0.3, 0.4) is 0 Å². The molecule has 11 heteroatoms. The van der Waals surface area contributed by atoms with E-state index in [0.29, 0.717) is 19.9 Å². The van der Waals surface area contributed by atoms with E-state index in [1.165, 1.54) is 36.0 Å². The number of hydrogen-bond acceptors (Lipinski definition) is 10. The molecule has 2 aromatic rings. The molecular weight excluding hydrogens is 491 g/mol. The Kier molecular flexibility index (Phi) is 15.3. The van der Waals surface area contributed by atoms with Gasteiger partial charge in [-0.05, 0) is 45.5 Å². The summed E-state index contributed by atoms with van der Waals surface area (Å²) in [5, 5.41) is 33.7. The average Bonchev–Trinajstić information content (AvgIpc) is 2.71. The van der Waals surface area contributed by atoms with Crippen molar-refractivity contribution in [2.45, 2.75) is 0 Å². The van der Waals surface area contributed by atoms with Crippen LogP contribution >= 0.6 is 23.5 Å². The van der Waals surface area contributed by atoms with Gasteiger partial charge in [-0.15, -0.1) is 23.5 Å². The minimum Gasteiger partial charge on any atom is -0.752 e. The molecule has 0 saturated heterocycles. The molecule has 0 aliphatic carbocycles. The van der Waals surface area contributed by atoms with Crippen molar-refractivity contribution >= 4 is 70.0 Å². The maximum absolute atomic E-state index is 9.36. The SMILES string of the molecule is CSC([S-])=NN=Cc1ccccc1O.CSC([S-])=NN=Cc1ccccc1O.[Co+2].